The first-order valence-electron chi connectivity index (χ1n) is 8.94. The minimum Gasteiger partial charge on any atom is -0.484 e. The highest BCUT2D eigenvalue weighted by Gasteiger charge is 2.33. The molecule has 9 heteroatoms. The molecule has 1 atom stereocenters. The first kappa shape index (κ1) is 20.6. The molecule has 0 aliphatic heterocycles. The van der Waals surface area contributed by atoms with Gasteiger partial charge in [-0.05, 0) is 24.2 Å². The number of hydrogen-bond donors (Lipinski definition) is 1. The number of rotatable bonds is 6. The Morgan fingerprint density at radius 2 is 2.04 bits per heavy atom. The largest absolute Gasteiger partial charge is 0.484 e. The van der Waals surface area contributed by atoms with Crippen molar-refractivity contribution < 1.29 is 22.7 Å². The Kier molecular flexibility index (Phi) is 5.65. The van der Waals surface area contributed by atoms with Crippen molar-refractivity contribution in [3.05, 3.63) is 40.1 Å². The molecule has 0 spiro atoms. The van der Waals surface area contributed by atoms with Crippen molar-refractivity contribution in [2.24, 2.45) is 5.41 Å². The fourth-order valence-electron chi connectivity index (χ4n) is 2.79. The fraction of sp³-hybridized carbons (Fsp3) is 0.526. The predicted molar refractivity (Wildman–Crippen MR) is 99.5 cm³/mol. The number of carbonyl (C=O) groups is 1. The van der Waals surface area contributed by atoms with E-state index in [1.807, 2.05) is 26.2 Å². The van der Waals surface area contributed by atoms with Crippen LogP contribution in [0, 0.1) is 5.41 Å². The number of hydrogen-bond acceptors (Lipinski definition) is 5. The van der Waals surface area contributed by atoms with Crippen LogP contribution in [0.5, 0.6) is 5.75 Å². The van der Waals surface area contributed by atoms with Crippen LogP contribution in [0.3, 0.4) is 0 Å². The van der Waals surface area contributed by atoms with E-state index < -0.39 is 18.7 Å². The van der Waals surface area contributed by atoms with Gasteiger partial charge in [-0.1, -0.05) is 20.8 Å². The summed E-state index contributed by atoms with van der Waals surface area (Å²) in [7, 11) is 0. The molecule has 152 valence electrons. The number of amides is 1. The number of thiazole rings is 1. The van der Waals surface area contributed by atoms with Crippen molar-refractivity contribution >= 4 is 17.2 Å². The molecule has 2 heterocycles. The number of alkyl halides is 3. The highest BCUT2D eigenvalue weighted by Crippen LogP contribution is 2.44. The summed E-state index contributed by atoms with van der Waals surface area (Å²) < 4.78 is 42.7. The lowest BCUT2D eigenvalue weighted by molar-refractivity contribution is -0.153. The second-order valence-corrected chi connectivity index (χ2v) is 8.85. The summed E-state index contributed by atoms with van der Waals surface area (Å²) in [5.74, 6) is -0.263. The maximum Gasteiger partial charge on any atom is 0.422 e. The summed E-state index contributed by atoms with van der Waals surface area (Å²) in [5, 5.41) is 5.49. The van der Waals surface area contributed by atoms with Crippen LogP contribution in [0.15, 0.2) is 23.8 Å². The zero-order chi connectivity index (χ0) is 20.5. The molecule has 1 N–H and O–H groups in total. The van der Waals surface area contributed by atoms with Gasteiger partial charge in [0.1, 0.15) is 16.5 Å². The van der Waals surface area contributed by atoms with Crippen LogP contribution in [-0.2, 0) is 0 Å². The van der Waals surface area contributed by atoms with E-state index in [2.05, 4.69) is 15.3 Å². The van der Waals surface area contributed by atoms with Gasteiger partial charge in [0.2, 0.25) is 0 Å². The molecule has 2 aromatic heterocycles. The van der Waals surface area contributed by atoms with E-state index in [4.69, 9.17) is 4.74 Å². The van der Waals surface area contributed by atoms with Crippen molar-refractivity contribution in [1.29, 1.82) is 0 Å². The summed E-state index contributed by atoms with van der Waals surface area (Å²) in [6.07, 6.45) is 0.427. The maximum absolute atomic E-state index is 12.8. The SMILES string of the molecule is CC(C)(C)C(NC(=O)c1cc(OCC(F)(F)F)c(C2CC2)cn1)c1nccs1. The molecule has 0 radical (unpaired) electrons. The Labute approximate surface area is 165 Å². The Balaban J connectivity index is 1.82. The summed E-state index contributed by atoms with van der Waals surface area (Å²) in [6.45, 7) is 4.52. The number of nitrogens with one attached hydrogen (secondary N) is 1. The van der Waals surface area contributed by atoms with Crippen molar-refractivity contribution in [3.8, 4) is 5.75 Å². The van der Waals surface area contributed by atoms with E-state index in [1.54, 1.807) is 6.20 Å². The molecular formula is C19H22F3N3O2S. The van der Waals surface area contributed by atoms with E-state index in [1.165, 1.54) is 23.6 Å². The molecule has 1 aliphatic carbocycles. The van der Waals surface area contributed by atoms with Crippen molar-refractivity contribution in [2.45, 2.75) is 51.7 Å². The summed E-state index contributed by atoms with van der Waals surface area (Å²) >= 11 is 1.43. The molecule has 1 aliphatic rings. The van der Waals surface area contributed by atoms with Crippen LogP contribution in [-0.4, -0.2) is 28.7 Å². The van der Waals surface area contributed by atoms with E-state index in [-0.39, 0.29) is 28.8 Å². The van der Waals surface area contributed by atoms with Gasteiger partial charge in [0.05, 0.1) is 6.04 Å². The minimum atomic E-state index is -4.45. The van der Waals surface area contributed by atoms with Gasteiger partial charge in [-0.2, -0.15) is 13.2 Å². The van der Waals surface area contributed by atoms with Gasteiger partial charge >= 0.3 is 6.18 Å². The van der Waals surface area contributed by atoms with Gasteiger partial charge in [-0.15, -0.1) is 11.3 Å². The summed E-state index contributed by atoms with van der Waals surface area (Å²) in [6, 6.07) is 0.945. The highest BCUT2D eigenvalue weighted by atomic mass is 32.1. The fourth-order valence-corrected chi connectivity index (χ4v) is 3.72. The number of pyridine rings is 1. The predicted octanol–water partition coefficient (Wildman–Crippen LogP) is 4.87. The minimum absolute atomic E-state index is 0.0207. The molecule has 1 unspecified atom stereocenters. The van der Waals surface area contributed by atoms with Crippen molar-refractivity contribution in [2.75, 3.05) is 6.61 Å². The normalized spacial score (nSPS) is 15.9. The van der Waals surface area contributed by atoms with E-state index in [9.17, 15) is 18.0 Å². The van der Waals surface area contributed by atoms with Crippen LogP contribution in [0.25, 0.3) is 0 Å². The number of halogens is 3. The molecule has 1 fully saturated rings. The molecule has 5 nitrogen and oxygen atoms in total. The smallest absolute Gasteiger partial charge is 0.422 e. The molecule has 3 rings (SSSR count). The number of aromatic nitrogens is 2. The van der Waals surface area contributed by atoms with Crippen molar-refractivity contribution in [3.63, 3.8) is 0 Å². The summed E-state index contributed by atoms with van der Waals surface area (Å²) in [4.78, 5) is 21.2. The molecule has 2 aromatic rings. The van der Waals surface area contributed by atoms with Gasteiger partial charge in [0.25, 0.3) is 5.91 Å². The molecule has 1 saturated carbocycles. The summed E-state index contributed by atoms with van der Waals surface area (Å²) in [5.41, 5.74) is 0.331. The molecule has 1 amide bonds. The second kappa shape index (κ2) is 7.69. The maximum atomic E-state index is 12.8. The average Bonchev–Trinajstić information content (AvgIpc) is 3.30. The van der Waals surface area contributed by atoms with Crippen LogP contribution in [0.4, 0.5) is 13.2 Å². The van der Waals surface area contributed by atoms with Gasteiger partial charge in [-0.3, -0.25) is 9.78 Å². The Morgan fingerprint density at radius 3 is 2.57 bits per heavy atom. The first-order valence-corrected chi connectivity index (χ1v) is 9.82. The Morgan fingerprint density at radius 1 is 1.32 bits per heavy atom. The zero-order valence-corrected chi connectivity index (χ0v) is 16.7. The highest BCUT2D eigenvalue weighted by molar-refractivity contribution is 7.09. The standard InChI is InChI=1S/C19H22F3N3O2S/c1-18(2,3)15(17-23-6-7-28-17)25-16(26)13-8-14(27-10-19(20,21)22)12(9-24-13)11-4-5-11/h6-9,11,15H,4-5,10H2,1-3H3,(H,25,26). The third kappa shape index (κ3) is 5.21. The number of ether oxygens (including phenoxy) is 1. The molecular weight excluding hydrogens is 391 g/mol. The molecule has 0 saturated heterocycles. The quantitative estimate of drug-likeness (QED) is 0.734. The number of nitrogens with zero attached hydrogens (tertiary/aromatic N) is 2. The van der Waals surface area contributed by atoms with Crippen LogP contribution in [0.2, 0.25) is 0 Å². The second-order valence-electron chi connectivity index (χ2n) is 7.93. The van der Waals surface area contributed by atoms with Crippen LogP contribution >= 0.6 is 11.3 Å². The monoisotopic (exact) mass is 413 g/mol. The first-order chi connectivity index (χ1) is 13.0. The molecule has 0 aromatic carbocycles. The van der Waals surface area contributed by atoms with Gasteiger partial charge in [0.15, 0.2) is 6.61 Å². The third-order valence-electron chi connectivity index (χ3n) is 4.38. The molecule has 0 bridgehead atoms. The van der Waals surface area contributed by atoms with E-state index >= 15 is 0 Å². The van der Waals surface area contributed by atoms with Gasteiger partial charge in [0, 0.05) is 29.4 Å². The number of carbonyl (C=O) groups excluding carboxylic acids is 1. The van der Waals surface area contributed by atoms with Gasteiger partial charge in [-0.25, -0.2) is 4.98 Å². The third-order valence-corrected chi connectivity index (χ3v) is 5.22. The van der Waals surface area contributed by atoms with Crippen LogP contribution < -0.4 is 10.1 Å². The average molecular weight is 413 g/mol. The van der Waals surface area contributed by atoms with Crippen LogP contribution in [0.1, 0.15) is 66.6 Å². The Bertz CT molecular complexity index is 828. The lowest BCUT2D eigenvalue weighted by atomic mass is 9.87. The zero-order valence-electron chi connectivity index (χ0n) is 15.8. The lowest BCUT2D eigenvalue weighted by Crippen LogP contribution is -2.37. The lowest BCUT2D eigenvalue weighted by Gasteiger charge is -2.29. The van der Waals surface area contributed by atoms with E-state index in [0.29, 0.717) is 5.56 Å². The topological polar surface area (TPSA) is 64.1 Å². The van der Waals surface area contributed by atoms with E-state index in [0.717, 1.165) is 17.8 Å². The van der Waals surface area contributed by atoms with Gasteiger partial charge < -0.3 is 10.1 Å². The Hall–Kier alpha value is -2.16. The molecule has 28 heavy (non-hydrogen) atoms. The van der Waals surface area contributed by atoms with Crippen molar-refractivity contribution in [1.82, 2.24) is 15.3 Å².